The van der Waals surface area contributed by atoms with E-state index in [2.05, 4.69) is 19.9 Å². The predicted molar refractivity (Wildman–Crippen MR) is 72.4 cm³/mol. The molecule has 3 rings (SSSR count). The van der Waals surface area contributed by atoms with E-state index in [1.54, 1.807) is 12.1 Å². The minimum Gasteiger partial charge on any atom is -0.382 e. The van der Waals surface area contributed by atoms with Crippen LogP contribution >= 0.6 is 0 Å². The molecule has 0 amide bonds. The summed E-state index contributed by atoms with van der Waals surface area (Å²) in [5, 5.41) is 3.85. The van der Waals surface area contributed by atoms with E-state index >= 15 is 0 Å². The molecule has 0 unspecified atom stereocenters. The fourth-order valence-corrected chi connectivity index (χ4v) is 1.94. The minimum atomic E-state index is -5.22. The average molecular weight is 353 g/mol. The number of pyridine rings is 1. The molecule has 0 radical (unpaired) electrons. The summed E-state index contributed by atoms with van der Waals surface area (Å²) >= 11 is 0. The number of halogens is 3. The van der Waals surface area contributed by atoms with E-state index in [1.165, 1.54) is 29.4 Å². The van der Waals surface area contributed by atoms with E-state index in [9.17, 15) is 22.8 Å². The van der Waals surface area contributed by atoms with Crippen LogP contribution in [0, 0.1) is 0 Å². The third-order valence-corrected chi connectivity index (χ3v) is 3.03. The molecule has 0 fully saturated rings. The van der Waals surface area contributed by atoms with Crippen LogP contribution in [0.5, 0.6) is 0 Å². The molecular formula is C14H8F3N4O4+. The zero-order chi connectivity index (χ0) is 18.0. The number of nitrogens with zero attached hydrogens (tertiary/aromatic N) is 4. The molecule has 0 aliphatic carbocycles. The Kier molecular flexibility index (Phi) is 4.13. The van der Waals surface area contributed by atoms with Gasteiger partial charge in [0.1, 0.15) is 5.69 Å². The lowest BCUT2D eigenvalue weighted by molar-refractivity contribution is -0.685. The summed E-state index contributed by atoms with van der Waals surface area (Å²) in [5.74, 6) is -3.89. The molecule has 25 heavy (non-hydrogen) atoms. The monoisotopic (exact) mass is 353 g/mol. The van der Waals surface area contributed by atoms with Crippen LogP contribution < -0.4 is 4.57 Å². The Hall–Kier alpha value is -3.37. The second-order valence-electron chi connectivity index (χ2n) is 4.76. The fourth-order valence-electron chi connectivity index (χ4n) is 1.94. The Morgan fingerprint density at radius 3 is 2.52 bits per heavy atom. The van der Waals surface area contributed by atoms with Crippen molar-refractivity contribution in [2.75, 3.05) is 0 Å². The van der Waals surface area contributed by atoms with E-state index in [1.807, 2.05) is 0 Å². The molecule has 3 aromatic heterocycles. The number of aromatic nitrogens is 4. The van der Waals surface area contributed by atoms with Crippen molar-refractivity contribution in [3.05, 3.63) is 36.9 Å². The number of hydrogen-bond donors (Lipinski definition) is 0. The standard InChI is InChI=1S/C14H8F3N4O4/c15-14(16,17)13(23)24-9(22)7-21-5-1-8(2-6-21)10-11-12(25-20-10)19-4-3-18-11/h1-6H,7H2/q+1. The minimum absolute atomic E-state index is 0.253. The second-order valence-corrected chi connectivity index (χ2v) is 4.76. The zero-order valence-electron chi connectivity index (χ0n) is 12.2. The van der Waals surface area contributed by atoms with E-state index in [0.29, 0.717) is 16.8 Å². The topological polar surface area (TPSA) is 99.1 Å². The summed E-state index contributed by atoms with van der Waals surface area (Å²) < 4.78 is 46.1. The number of esters is 2. The molecule has 0 saturated heterocycles. The molecule has 0 aliphatic heterocycles. The second kappa shape index (κ2) is 6.26. The van der Waals surface area contributed by atoms with Gasteiger partial charge >= 0.3 is 18.1 Å². The summed E-state index contributed by atoms with van der Waals surface area (Å²) in [5.41, 5.74) is 1.71. The molecule has 8 nitrogen and oxygen atoms in total. The van der Waals surface area contributed by atoms with E-state index in [0.717, 1.165) is 0 Å². The Morgan fingerprint density at radius 1 is 1.16 bits per heavy atom. The van der Waals surface area contributed by atoms with Crippen molar-refractivity contribution in [1.29, 1.82) is 0 Å². The number of alkyl halides is 3. The highest BCUT2D eigenvalue weighted by atomic mass is 19.4. The molecular weight excluding hydrogens is 345 g/mol. The normalized spacial score (nSPS) is 11.5. The number of hydrogen-bond acceptors (Lipinski definition) is 7. The van der Waals surface area contributed by atoms with Crippen LogP contribution in [-0.4, -0.2) is 33.2 Å². The maximum absolute atomic E-state index is 12.0. The van der Waals surface area contributed by atoms with Crippen molar-refractivity contribution in [2.24, 2.45) is 0 Å². The molecule has 0 atom stereocenters. The summed E-state index contributed by atoms with van der Waals surface area (Å²) in [6.07, 6.45) is 0.514. The molecule has 0 N–H and O–H groups in total. The quantitative estimate of drug-likeness (QED) is 0.396. The SMILES string of the molecule is O=C(C[n+]1ccc(-c2noc3nccnc23)cc1)OC(=O)C(F)(F)F. The number of rotatable bonds is 3. The van der Waals surface area contributed by atoms with Gasteiger partial charge < -0.3 is 9.26 Å². The summed E-state index contributed by atoms with van der Waals surface area (Å²) in [6, 6.07) is 3.09. The van der Waals surface area contributed by atoms with Gasteiger partial charge in [-0.25, -0.2) is 19.6 Å². The molecule has 128 valence electrons. The number of ether oxygens (including phenoxy) is 1. The molecule has 3 heterocycles. The predicted octanol–water partition coefficient (Wildman–Crippen LogP) is 1.20. The molecule has 0 bridgehead atoms. The first-order valence-corrected chi connectivity index (χ1v) is 6.72. The van der Waals surface area contributed by atoms with Crippen molar-refractivity contribution in [3.63, 3.8) is 0 Å². The molecule has 3 aromatic rings. The fraction of sp³-hybridized carbons (Fsp3) is 0.143. The van der Waals surface area contributed by atoms with Crippen LogP contribution in [0.2, 0.25) is 0 Å². The molecule has 0 aliphatic rings. The smallest absolute Gasteiger partial charge is 0.382 e. The van der Waals surface area contributed by atoms with E-state index in [-0.39, 0.29) is 5.71 Å². The Bertz CT molecular complexity index is 937. The Labute approximate surface area is 136 Å². The maximum atomic E-state index is 12.0. The lowest BCUT2D eigenvalue weighted by atomic mass is 10.2. The molecule has 11 heteroatoms. The van der Waals surface area contributed by atoms with Gasteiger partial charge in [0.25, 0.3) is 5.71 Å². The Morgan fingerprint density at radius 2 is 1.84 bits per heavy atom. The number of carbonyl (C=O) groups excluding carboxylic acids is 2. The van der Waals surface area contributed by atoms with Crippen molar-refractivity contribution >= 4 is 23.2 Å². The average Bonchev–Trinajstić information content (AvgIpc) is 2.98. The lowest BCUT2D eigenvalue weighted by Gasteiger charge is -2.03. The third kappa shape index (κ3) is 3.59. The van der Waals surface area contributed by atoms with Crippen molar-refractivity contribution < 1.29 is 36.6 Å². The Balaban J connectivity index is 1.72. The van der Waals surface area contributed by atoms with Gasteiger partial charge in [0.15, 0.2) is 17.9 Å². The molecule has 0 aromatic carbocycles. The van der Waals surface area contributed by atoms with Gasteiger partial charge in [-0.3, -0.25) is 0 Å². The van der Waals surface area contributed by atoms with Gasteiger partial charge in [0, 0.05) is 30.1 Å². The summed E-state index contributed by atoms with van der Waals surface area (Å²) in [7, 11) is 0. The highest BCUT2D eigenvalue weighted by molar-refractivity contribution is 5.88. The van der Waals surface area contributed by atoms with Crippen molar-refractivity contribution in [2.45, 2.75) is 12.7 Å². The van der Waals surface area contributed by atoms with Gasteiger partial charge in [-0.05, 0) is 0 Å². The van der Waals surface area contributed by atoms with Crippen LogP contribution in [0.15, 0.2) is 41.4 Å². The largest absolute Gasteiger partial charge is 0.491 e. The van der Waals surface area contributed by atoms with E-state index < -0.39 is 24.7 Å². The first kappa shape index (κ1) is 16.5. The molecule has 0 saturated carbocycles. The first-order valence-electron chi connectivity index (χ1n) is 6.72. The highest BCUT2D eigenvalue weighted by Crippen LogP contribution is 2.23. The van der Waals surface area contributed by atoms with Crippen molar-refractivity contribution in [3.8, 4) is 11.3 Å². The first-order chi connectivity index (χ1) is 11.8. The zero-order valence-corrected chi connectivity index (χ0v) is 12.2. The van der Waals surface area contributed by atoms with Gasteiger partial charge in [0.2, 0.25) is 6.54 Å². The maximum Gasteiger partial charge on any atom is 0.491 e. The lowest BCUT2D eigenvalue weighted by Crippen LogP contribution is -2.40. The third-order valence-electron chi connectivity index (χ3n) is 3.03. The van der Waals surface area contributed by atoms with Gasteiger partial charge in [0.05, 0.1) is 0 Å². The van der Waals surface area contributed by atoms with Gasteiger partial charge in [-0.15, -0.1) is 0 Å². The van der Waals surface area contributed by atoms with Crippen LogP contribution in [0.3, 0.4) is 0 Å². The van der Waals surface area contributed by atoms with Crippen LogP contribution in [0.4, 0.5) is 13.2 Å². The van der Waals surface area contributed by atoms with E-state index in [4.69, 9.17) is 4.52 Å². The van der Waals surface area contributed by atoms with Gasteiger partial charge in [-0.1, -0.05) is 5.16 Å². The highest BCUT2D eigenvalue weighted by Gasteiger charge is 2.42. The van der Waals surface area contributed by atoms with Crippen LogP contribution in [0.1, 0.15) is 0 Å². The molecule has 0 spiro atoms. The van der Waals surface area contributed by atoms with Crippen LogP contribution in [-0.2, 0) is 20.9 Å². The van der Waals surface area contributed by atoms with Crippen molar-refractivity contribution in [1.82, 2.24) is 15.1 Å². The number of carbonyl (C=O) groups is 2. The number of fused-ring (bicyclic) bond motifs is 1. The van der Waals surface area contributed by atoms with Crippen LogP contribution in [0.25, 0.3) is 22.5 Å². The summed E-state index contributed by atoms with van der Waals surface area (Å²) in [4.78, 5) is 30.0. The summed E-state index contributed by atoms with van der Waals surface area (Å²) in [6.45, 7) is -0.568. The van der Waals surface area contributed by atoms with Gasteiger partial charge in [-0.2, -0.15) is 17.7 Å².